The molecule has 4 nitrogen and oxygen atoms in total. The molecule has 3 rings (SSSR count). The van der Waals surface area contributed by atoms with Crippen molar-refractivity contribution in [1.82, 2.24) is 9.78 Å². The van der Waals surface area contributed by atoms with Gasteiger partial charge in [-0.3, -0.25) is 4.68 Å². The minimum absolute atomic E-state index is 0.204. The third-order valence-electron chi connectivity index (χ3n) is 3.02. The predicted molar refractivity (Wildman–Crippen MR) is 83.1 cm³/mol. The highest BCUT2D eigenvalue weighted by Crippen LogP contribution is 2.25. The molecule has 3 aromatic rings. The van der Waals surface area contributed by atoms with Crippen LogP contribution in [0.5, 0.6) is 0 Å². The zero-order valence-corrected chi connectivity index (χ0v) is 12.4. The summed E-state index contributed by atoms with van der Waals surface area (Å²) in [7, 11) is 0. The summed E-state index contributed by atoms with van der Waals surface area (Å²) >= 11 is 7.47. The summed E-state index contributed by atoms with van der Waals surface area (Å²) in [5.41, 5.74) is 2.49. The van der Waals surface area contributed by atoms with Crippen LogP contribution in [0.2, 0.25) is 5.02 Å². The quantitative estimate of drug-likeness (QED) is 0.790. The first kappa shape index (κ1) is 13.9. The van der Waals surface area contributed by atoms with Crippen molar-refractivity contribution >= 4 is 28.9 Å². The lowest BCUT2D eigenvalue weighted by atomic mass is 10.1. The topological polar surface area (TPSA) is 55.1 Å². The molecule has 2 heterocycles. The summed E-state index contributed by atoms with van der Waals surface area (Å²) in [6.07, 6.45) is 1.55. The fourth-order valence-corrected chi connectivity index (χ4v) is 2.95. The van der Waals surface area contributed by atoms with Crippen molar-refractivity contribution in [2.24, 2.45) is 0 Å². The Hall–Kier alpha value is -2.11. The molecule has 0 spiro atoms. The number of carboxylic acid groups (broad SMARTS) is 1. The van der Waals surface area contributed by atoms with E-state index >= 15 is 0 Å². The van der Waals surface area contributed by atoms with Crippen molar-refractivity contribution in [2.45, 2.75) is 6.54 Å². The molecular formula is C15H11ClN2O2S. The van der Waals surface area contributed by atoms with Crippen LogP contribution in [0.25, 0.3) is 11.3 Å². The molecule has 0 aliphatic rings. The maximum absolute atomic E-state index is 11.4. The number of aromatic carboxylic acids is 1. The first-order valence-corrected chi connectivity index (χ1v) is 7.53. The SMILES string of the molecule is O=C(O)c1cn(Cc2cccc(Cl)c2)nc1-c1ccsc1. The van der Waals surface area contributed by atoms with Crippen LogP contribution in [0.1, 0.15) is 15.9 Å². The van der Waals surface area contributed by atoms with Crippen LogP contribution in [0.4, 0.5) is 0 Å². The van der Waals surface area contributed by atoms with Gasteiger partial charge in [-0.2, -0.15) is 16.4 Å². The second-order valence-electron chi connectivity index (χ2n) is 4.54. The molecule has 0 aliphatic heterocycles. The molecule has 0 amide bonds. The summed E-state index contributed by atoms with van der Waals surface area (Å²) in [6, 6.07) is 9.29. The minimum Gasteiger partial charge on any atom is -0.478 e. The van der Waals surface area contributed by atoms with E-state index in [0.717, 1.165) is 11.1 Å². The standard InChI is InChI=1S/C15H11ClN2O2S/c16-12-3-1-2-10(6-12)7-18-8-13(15(19)20)14(17-18)11-4-5-21-9-11/h1-6,8-9H,7H2,(H,19,20). The Kier molecular flexibility index (Phi) is 3.77. The number of carbonyl (C=O) groups is 1. The molecule has 106 valence electrons. The van der Waals surface area contributed by atoms with E-state index in [1.165, 1.54) is 11.3 Å². The van der Waals surface area contributed by atoms with Gasteiger partial charge >= 0.3 is 5.97 Å². The molecule has 0 bridgehead atoms. The Balaban J connectivity index is 1.97. The molecule has 0 radical (unpaired) electrons. The normalized spacial score (nSPS) is 10.7. The van der Waals surface area contributed by atoms with Crippen molar-refractivity contribution in [3.8, 4) is 11.3 Å². The third kappa shape index (κ3) is 2.99. The second-order valence-corrected chi connectivity index (χ2v) is 5.75. The van der Waals surface area contributed by atoms with E-state index in [2.05, 4.69) is 5.10 Å². The van der Waals surface area contributed by atoms with Crippen molar-refractivity contribution in [3.05, 3.63) is 63.4 Å². The Morgan fingerprint density at radius 1 is 1.38 bits per heavy atom. The van der Waals surface area contributed by atoms with Gasteiger partial charge in [-0.15, -0.1) is 0 Å². The highest BCUT2D eigenvalue weighted by atomic mass is 35.5. The Labute approximate surface area is 130 Å². The number of thiophene rings is 1. The number of rotatable bonds is 4. The van der Waals surface area contributed by atoms with Gasteiger partial charge in [0.1, 0.15) is 11.3 Å². The number of carboxylic acids is 1. The van der Waals surface area contributed by atoms with Gasteiger partial charge in [0.2, 0.25) is 0 Å². The van der Waals surface area contributed by atoms with Gasteiger partial charge in [-0.05, 0) is 29.1 Å². The average molecular weight is 319 g/mol. The van der Waals surface area contributed by atoms with Crippen LogP contribution >= 0.6 is 22.9 Å². The van der Waals surface area contributed by atoms with Crippen LogP contribution in [0.3, 0.4) is 0 Å². The van der Waals surface area contributed by atoms with Crippen LogP contribution in [-0.2, 0) is 6.54 Å². The number of benzene rings is 1. The average Bonchev–Trinajstić information content (AvgIpc) is 3.06. The van der Waals surface area contributed by atoms with Crippen molar-refractivity contribution in [1.29, 1.82) is 0 Å². The van der Waals surface area contributed by atoms with E-state index in [9.17, 15) is 9.90 Å². The van der Waals surface area contributed by atoms with E-state index in [0.29, 0.717) is 17.3 Å². The molecule has 0 aliphatic carbocycles. The smallest absolute Gasteiger partial charge is 0.339 e. The van der Waals surface area contributed by atoms with E-state index in [4.69, 9.17) is 11.6 Å². The van der Waals surface area contributed by atoms with Gasteiger partial charge in [-0.1, -0.05) is 23.7 Å². The van der Waals surface area contributed by atoms with Gasteiger partial charge in [-0.25, -0.2) is 4.79 Å². The molecule has 1 N–H and O–H groups in total. The van der Waals surface area contributed by atoms with Crippen LogP contribution in [0.15, 0.2) is 47.3 Å². The maximum Gasteiger partial charge on any atom is 0.339 e. The van der Waals surface area contributed by atoms with Crippen molar-refractivity contribution in [2.75, 3.05) is 0 Å². The predicted octanol–water partition coefficient (Wildman–Crippen LogP) is 4.01. The number of aromatic nitrogens is 2. The highest BCUT2D eigenvalue weighted by molar-refractivity contribution is 7.08. The Bertz CT molecular complexity index is 781. The molecule has 0 unspecified atom stereocenters. The molecule has 1 aromatic carbocycles. The Morgan fingerprint density at radius 3 is 2.90 bits per heavy atom. The van der Waals surface area contributed by atoms with E-state index in [1.807, 2.05) is 35.0 Å². The first-order valence-electron chi connectivity index (χ1n) is 6.21. The van der Waals surface area contributed by atoms with Crippen molar-refractivity contribution in [3.63, 3.8) is 0 Å². The van der Waals surface area contributed by atoms with Gasteiger partial charge < -0.3 is 5.11 Å². The molecule has 0 saturated carbocycles. The van der Waals surface area contributed by atoms with E-state index < -0.39 is 5.97 Å². The fourth-order valence-electron chi connectivity index (χ4n) is 2.09. The molecule has 0 fully saturated rings. The van der Waals surface area contributed by atoms with Gasteiger partial charge in [0.25, 0.3) is 0 Å². The molecule has 0 saturated heterocycles. The second kappa shape index (κ2) is 5.71. The van der Waals surface area contributed by atoms with Gasteiger partial charge in [0.05, 0.1) is 6.54 Å². The highest BCUT2D eigenvalue weighted by Gasteiger charge is 2.17. The lowest BCUT2D eigenvalue weighted by molar-refractivity contribution is 0.0697. The number of hydrogen-bond donors (Lipinski definition) is 1. The number of nitrogens with zero attached hydrogens (tertiary/aromatic N) is 2. The maximum atomic E-state index is 11.4. The van der Waals surface area contributed by atoms with Crippen LogP contribution < -0.4 is 0 Å². The summed E-state index contributed by atoms with van der Waals surface area (Å²) in [5.74, 6) is -0.978. The van der Waals surface area contributed by atoms with Gasteiger partial charge in [0, 0.05) is 22.2 Å². The third-order valence-corrected chi connectivity index (χ3v) is 3.94. The molecule has 21 heavy (non-hydrogen) atoms. The number of hydrogen-bond acceptors (Lipinski definition) is 3. The summed E-state index contributed by atoms with van der Waals surface area (Å²) in [6.45, 7) is 0.477. The zero-order valence-electron chi connectivity index (χ0n) is 10.9. The first-order chi connectivity index (χ1) is 10.1. The van der Waals surface area contributed by atoms with Gasteiger partial charge in [0.15, 0.2) is 0 Å². The molecular weight excluding hydrogens is 308 g/mol. The number of halogens is 1. The lowest BCUT2D eigenvalue weighted by Gasteiger charge is -2.02. The zero-order chi connectivity index (χ0) is 14.8. The largest absolute Gasteiger partial charge is 0.478 e. The summed E-state index contributed by atoms with van der Waals surface area (Å²) in [5, 5.41) is 18.2. The Morgan fingerprint density at radius 2 is 2.24 bits per heavy atom. The summed E-state index contributed by atoms with van der Waals surface area (Å²) in [4.78, 5) is 11.4. The summed E-state index contributed by atoms with van der Waals surface area (Å²) < 4.78 is 1.63. The van der Waals surface area contributed by atoms with E-state index in [-0.39, 0.29) is 5.56 Å². The minimum atomic E-state index is -0.978. The monoisotopic (exact) mass is 318 g/mol. The van der Waals surface area contributed by atoms with Crippen molar-refractivity contribution < 1.29 is 9.90 Å². The lowest BCUT2D eigenvalue weighted by Crippen LogP contribution is -2.00. The molecule has 0 atom stereocenters. The van der Waals surface area contributed by atoms with Crippen LogP contribution in [0, 0.1) is 0 Å². The molecule has 6 heteroatoms. The molecule has 2 aromatic heterocycles. The van der Waals surface area contributed by atoms with Crippen LogP contribution in [-0.4, -0.2) is 20.9 Å². The fraction of sp³-hybridized carbons (Fsp3) is 0.0667. The van der Waals surface area contributed by atoms with E-state index in [1.54, 1.807) is 16.9 Å².